The molecule has 0 atom stereocenters. The molecular formula is C23H14BrClN2O3S. The molecule has 8 heteroatoms. The Bertz CT molecular complexity index is 1300. The first-order valence-electron chi connectivity index (χ1n) is 9.10. The fourth-order valence-electron chi connectivity index (χ4n) is 2.79. The molecule has 5 nitrogen and oxygen atoms in total. The molecule has 4 aromatic rings. The number of carbonyl (C=O) groups is 2. The number of carbonyl (C=O) groups excluding carboxylic acids is 2. The number of thiophene rings is 1. The molecule has 4 rings (SSSR count). The third-order valence-corrected chi connectivity index (χ3v) is 6.66. The normalized spacial score (nSPS) is 11.0. The average Bonchev–Trinajstić information content (AvgIpc) is 3.12. The highest BCUT2D eigenvalue weighted by Gasteiger charge is 2.18. The van der Waals surface area contributed by atoms with Crippen LogP contribution in [0.3, 0.4) is 0 Å². The molecule has 0 bridgehead atoms. The lowest BCUT2D eigenvalue weighted by Crippen LogP contribution is -2.18. The molecule has 0 aliphatic carbocycles. The van der Waals surface area contributed by atoms with Crippen molar-refractivity contribution in [2.24, 2.45) is 5.10 Å². The van der Waals surface area contributed by atoms with Gasteiger partial charge in [0, 0.05) is 14.6 Å². The Morgan fingerprint density at radius 2 is 1.71 bits per heavy atom. The Balaban J connectivity index is 1.39. The number of hydrazone groups is 1. The van der Waals surface area contributed by atoms with Gasteiger partial charge in [0.25, 0.3) is 5.91 Å². The van der Waals surface area contributed by atoms with Crippen molar-refractivity contribution in [3.8, 4) is 5.75 Å². The number of benzene rings is 3. The Morgan fingerprint density at radius 1 is 1.00 bits per heavy atom. The van der Waals surface area contributed by atoms with Gasteiger partial charge in [-0.2, -0.15) is 5.10 Å². The van der Waals surface area contributed by atoms with E-state index in [1.807, 2.05) is 30.3 Å². The number of halogens is 2. The van der Waals surface area contributed by atoms with Crippen LogP contribution in [-0.2, 0) is 0 Å². The van der Waals surface area contributed by atoms with E-state index in [9.17, 15) is 9.59 Å². The van der Waals surface area contributed by atoms with Gasteiger partial charge in [-0.25, -0.2) is 10.2 Å². The summed E-state index contributed by atoms with van der Waals surface area (Å²) < 4.78 is 7.06. The zero-order valence-electron chi connectivity index (χ0n) is 15.8. The molecule has 0 spiro atoms. The summed E-state index contributed by atoms with van der Waals surface area (Å²) in [6.45, 7) is 0. The standard InChI is InChI=1S/C23H14BrClN2O3S/c24-18-7-3-1-5-16(18)22(28)27-26-13-14-9-11-15(12-10-14)30-23(29)21-20(25)17-6-2-4-8-19(17)31-21/h1-13H,(H,27,28)/b26-13-. The fraction of sp³-hybridized carbons (Fsp3) is 0. The number of nitrogens with zero attached hydrogens (tertiary/aromatic N) is 1. The molecule has 0 aliphatic rings. The van der Waals surface area contributed by atoms with E-state index in [1.165, 1.54) is 17.6 Å². The molecule has 1 aromatic heterocycles. The van der Waals surface area contributed by atoms with E-state index < -0.39 is 5.97 Å². The fourth-order valence-corrected chi connectivity index (χ4v) is 4.64. The van der Waals surface area contributed by atoms with Gasteiger partial charge in [0.15, 0.2) is 0 Å². The van der Waals surface area contributed by atoms with E-state index >= 15 is 0 Å². The average molecular weight is 514 g/mol. The van der Waals surface area contributed by atoms with Crippen LogP contribution in [0.15, 0.2) is 82.4 Å². The third kappa shape index (κ3) is 4.85. The summed E-state index contributed by atoms with van der Waals surface area (Å²) in [4.78, 5) is 25.0. The van der Waals surface area contributed by atoms with E-state index in [1.54, 1.807) is 42.5 Å². The van der Waals surface area contributed by atoms with E-state index in [-0.39, 0.29) is 5.91 Å². The third-order valence-electron chi connectivity index (χ3n) is 4.31. The molecular weight excluding hydrogens is 500 g/mol. The Morgan fingerprint density at radius 3 is 2.45 bits per heavy atom. The maximum atomic E-state index is 12.5. The van der Waals surface area contributed by atoms with Crippen LogP contribution >= 0.6 is 38.9 Å². The number of rotatable bonds is 5. The van der Waals surface area contributed by atoms with Crippen LogP contribution in [0.1, 0.15) is 25.6 Å². The quantitative estimate of drug-likeness (QED) is 0.147. The SMILES string of the molecule is O=C(N/N=C\c1ccc(OC(=O)c2sc3ccccc3c2Cl)cc1)c1ccccc1Br. The zero-order chi connectivity index (χ0) is 21.8. The molecule has 0 fully saturated rings. The lowest BCUT2D eigenvalue weighted by molar-refractivity contribution is 0.0739. The monoisotopic (exact) mass is 512 g/mol. The van der Waals surface area contributed by atoms with Crippen molar-refractivity contribution >= 4 is 67.0 Å². The minimum absolute atomic E-state index is 0.325. The molecule has 0 aliphatic heterocycles. The molecule has 0 unspecified atom stereocenters. The molecule has 0 saturated carbocycles. The van der Waals surface area contributed by atoms with Gasteiger partial charge in [-0.15, -0.1) is 11.3 Å². The predicted octanol–water partition coefficient (Wildman–Crippen LogP) is 6.30. The molecule has 0 saturated heterocycles. The number of esters is 1. The Hall–Kier alpha value is -3.00. The van der Waals surface area contributed by atoms with E-state index in [4.69, 9.17) is 16.3 Å². The lowest BCUT2D eigenvalue weighted by Gasteiger charge is -2.04. The first kappa shape index (κ1) is 21.2. The van der Waals surface area contributed by atoms with Crippen LogP contribution < -0.4 is 10.2 Å². The van der Waals surface area contributed by atoms with Crippen LogP contribution in [0, 0.1) is 0 Å². The zero-order valence-corrected chi connectivity index (χ0v) is 19.0. The van der Waals surface area contributed by atoms with Crippen molar-refractivity contribution < 1.29 is 14.3 Å². The van der Waals surface area contributed by atoms with Crippen LogP contribution in [0.25, 0.3) is 10.1 Å². The summed E-state index contributed by atoms with van der Waals surface area (Å²) in [6.07, 6.45) is 1.50. The van der Waals surface area contributed by atoms with Crippen molar-refractivity contribution in [2.45, 2.75) is 0 Å². The summed E-state index contributed by atoms with van der Waals surface area (Å²) in [5.41, 5.74) is 3.69. The smallest absolute Gasteiger partial charge is 0.355 e. The number of hydrogen-bond donors (Lipinski definition) is 1. The van der Waals surface area contributed by atoms with Crippen LogP contribution in [0.4, 0.5) is 0 Å². The molecule has 1 N–H and O–H groups in total. The summed E-state index contributed by atoms with van der Waals surface area (Å²) in [5.74, 6) is -0.448. The van der Waals surface area contributed by atoms with Crippen molar-refractivity contribution in [3.05, 3.63) is 98.3 Å². The number of nitrogens with one attached hydrogen (secondary N) is 1. The van der Waals surface area contributed by atoms with E-state index in [0.29, 0.717) is 25.7 Å². The van der Waals surface area contributed by atoms with Crippen molar-refractivity contribution in [1.29, 1.82) is 0 Å². The second kappa shape index (κ2) is 9.43. The maximum absolute atomic E-state index is 12.5. The lowest BCUT2D eigenvalue weighted by atomic mass is 10.2. The second-order valence-corrected chi connectivity index (χ2v) is 8.66. The van der Waals surface area contributed by atoms with Crippen molar-refractivity contribution in [1.82, 2.24) is 5.43 Å². The number of amides is 1. The van der Waals surface area contributed by atoms with E-state index in [2.05, 4.69) is 26.5 Å². The molecule has 154 valence electrons. The molecule has 1 amide bonds. The summed E-state index contributed by atoms with van der Waals surface area (Å²) in [5, 5.41) is 5.19. The molecule has 1 heterocycles. The minimum Gasteiger partial charge on any atom is -0.422 e. The van der Waals surface area contributed by atoms with E-state index in [0.717, 1.165) is 15.6 Å². The van der Waals surface area contributed by atoms with Gasteiger partial charge in [0.1, 0.15) is 10.6 Å². The Labute approximate surface area is 195 Å². The highest BCUT2D eigenvalue weighted by Crippen LogP contribution is 2.35. The molecule has 31 heavy (non-hydrogen) atoms. The van der Waals surface area contributed by atoms with Gasteiger partial charge in [0.05, 0.1) is 16.8 Å². The summed E-state index contributed by atoms with van der Waals surface area (Å²) in [7, 11) is 0. The summed E-state index contributed by atoms with van der Waals surface area (Å²) in [6, 6.07) is 21.4. The largest absolute Gasteiger partial charge is 0.422 e. The number of fused-ring (bicyclic) bond motifs is 1. The highest BCUT2D eigenvalue weighted by atomic mass is 79.9. The maximum Gasteiger partial charge on any atom is 0.355 e. The van der Waals surface area contributed by atoms with Gasteiger partial charge in [0.2, 0.25) is 0 Å². The van der Waals surface area contributed by atoms with Crippen LogP contribution in [0.2, 0.25) is 5.02 Å². The van der Waals surface area contributed by atoms with Crippen LogP contribution in [0.5, 0.6) is 5.75 Å². The summed E-state index contributed by atoms with van der Waals surface area (Å²) >= 11 is 11.0. The number of hydrogen-bond acceptors (Lipinski definition) is 5. The predicted molar refractivity (Wildman–Crippen MR) is 127 cm³/mol. The van der Waals surface area contributed by atoms with Gasteiger partial charge in [-0.3, -0.25) is 4.79 Å². The molecule has 3 aromatic carbocycles. The van der Waals surface area contributed by atoms with Gasteiger partial charge in [-0.05, 0) is 64.0 Å². The number of ether oxygens (including phenoxy) is 1. The Kier molecular flexibility index (Phi) is 6.46. The second-order valence-electron chi connectivity index (χ2n) is 6.38. The van der Waals surface area contributed by atoms with Gasteiger partial charge >= 0.3 is 5.97 Å². The minimum atomic E-state index is -0.506. The topological polar surface area (TPSA) is 67.8 Å². The van der Waals surface area contributed by atoms with Crippen LogP contribution in [-0.4, -0.2) is 18.1 Å². The van der Waals surface area contributed by atoms with Crippen molar-refractivity contribution in [2.75, 3.05) is 0 Å². The van der Waals surface area contributed by atoms with Gasteiger partial charge < -0.3 is 4.74 Å². The first-order chi connectivity index (χ1) is 15.0. The first-order valence-corrected chi connectivity index (χ1v) is 11.1. The van der Waals surface area contributed by atoms with Crippen molar-refractivity contribution in [3.63, 3.8) is 0 Å². The molecule has 0 radical (unpaired) electrons. The van der Waals surface area contributed by atoms with Gasteiger partial charge in [-0.1, -0.05) is 41.9 Å². The highest BCUT2D eigenvalue weighted by molar-refractivity contribution is 9.10.